The van der Waals surface area contributed by atoms with Gasteiger partial charge in [0.05, 0.1) is 9.85 Å². The standard InChI is InChI=1S/C20H18Cl6N2O4S2/c21-19(22,23)17-11-15(27(29)30)7-5-13(17)3-1-9-33-34-10-2-4-14-6-8-16(28(31)32)12-18(14)20(24,25)26/h5-8,11-12H,1-4,9-10H2. The smallest absolute Gasteiger partial charge is 0.258 e. The summed E-state index contributed by atoms with van der Waals surface area (Å²) in [4.78, 5) is 21.0. The Morgan fingerprint density at radius 1 is 0.676 bits per heavy atom. The van der Waals surface area contributed by atoms with E-state index in [0.717, 1.165) is 35.5 Å². The van der Waals surface area contributed by atoms with Crippen molar-refractivity contribution < 1.29 is 9.85 Å². The van der Waals surface area contributed by atoms with Crippen LogP contribution in [0.3, 0.4) is 0 Å². The van der Waals surface area contributed by atoms with Gasteiger partial charge in [-0.15, -0.1) is 0 Å². The number of rotatable bonds is 11. The molecule has 0 fully saturated rings. The van der Waals surface area contributed by atoms with Gasteiger partial charge in [0.15, 0.2) is 0 Å². The van der Waals surface area contributed by atoms with E-state index in [0.29, 0.717) is 24.0 Å². The molecule has 0 unspecified atom stereocenters. The molecule has 0 atom stereocenters. The lowest BCUT2D eigenvalue weighted by Gasteiger charge is -2.16. The Kier molecular flexibility index (Phi) is 11.7. The number of halogens is 6. The molecule has 0 N–H and O–H groups in total. The molecule has 2 aromatic carbocycles. The minimum absolute atomic E-state index is 0.124. The fraction of sp³-hybridized carbons (Fsp3) is 0.400. The first-order valence-electron chi connectivity index (χ1n) is 9.74. The number of hydrogen-bond donors (Lipinski definition) is 0. The predicted octanol–water partition coefficient (Wildman–Crippen LogP) is 9.10. The van der Waals surface area contributed by atoms with Crippen molar-refractivity contribution in [3.8, 4) is 0 Å². The molecule has 0 spiro atoms. The van der Waals surface area contributed by atoms with Gasteiger partial charge in [-0.05, 0) is 36.8 Å². The van der Waals surface area contributed by atoms with Crippen molar-refractivity contribution in [1.82, 2.24) is 0 Å². The number of aryl methyl sites for hydroxylation is 2. The zero-order chi connectivity index (χ0) is 25.5. The van der Waals surface area contributed by atoms with E-state index in [-0.39, 0.29) is 11.4 Å². The van der Waals surface area contributed by atoms with E-state index in [2.05, 4.69) is 0 Å². The van der Waals surface area contributed by atoms with Crippen LogP contribution in [0.4, 0.5) is 11.4 Å². The van der Waals surface area contributed by atoms with Crippen LogP contribution >= 0.6 is 91.2 Å². The summed E-state index contributed by atoms with van der Waals surface area (Å²) in [7, 11) is 3.37. The van der Waals surface area contributed by atoms with Gasteiger partial charge < -0.3 is 0 Å². The lowest BCUT2D eigenvalue weighted by molar-refractivity contribution is -0.385. The summed E-state index contributed by atoms with van der Waals surface area (Å²) in [5.41, 5.74) is 1.90. The Bertz CT molecular complexity index is 950. The number of nitro benzene ring substituents is 2. The van der Waals surface area contributed by atoms with Gasteiger partial charge in [0.2, 0.25) is 7.59 Å². The zero-order valence-corrected chi connectivity index (χ0v) is 23.5. The maximum absolute atomic E-state index is 11.0. The quantitative estimate of drug-likeness (QED) is 0.0813. The first-order valence-corrected chi connectivity index (χ1v) is 14.5. The minimum atomic E-state index is -1.74. The Morgan fingerprint density at radius 2 is 1.03 bits per heavy atom. The second-order valence-electron chi connectivity index (χ2n) is 7.04. The SMILES string of the molecule is O=[N+]([O-])c1ccc(CCCSSCCCc2ccc([N+](=O)[O-])cc2C(Cl)(Cl)Cl)c(C(Cl)(Cl)Cl)c1. The van der Waals surface area contributed by atoms with Crippen molar-refractivity contribution >= 4 is 103 Å². The van der Waals surface area contributed by atoms with Crippen LogP contribution in [0.5, 0.6) is 0 Å². The number of nitro groups is 2. The number of alkyl halides is 6. The molecule has 2 aromatic rings. The van der Waals surface area contributed by atoms with Gasteiger partial charge in [-0.1, -0.05) is 103 Å². The average molecular weight is 627 g/mol. The fourth-order valence-electron chi connectivity index (χ4n) is 3.08. The Morgan fingerprint density at radius 3 is 1.32 bits per heavy atom. The van der Waals surface area contributed by atoms with Gasteiger partial charge in [-0.2, -0.15) is 0 Å². The van der Waals surface area contributed by atoms with Crippen molar-refractivity contribution in [1.29, 1.82) is 0 Å². The molecule has 186 valence electrons. The zero-order valence-electron chi connectivity index (χ0n) is 17.3. The Hall–Kier alpha value is -0.320. The lowest BCUT2D eigenvalue weighted by atomic mass is 10.0. The van der Waals surface area contributed by atoms with Crippen molar-refractivity contribution in [2.24, 2.45) is 0 Å². The van der Waals surface area contributed by atoms with E-state index >= 15 is 0 Å². The van der Waals surface area contributed by atoms with Crippen LogP contribution in [-0.4, -0.2) is 21.4 Å². The van der Waals surface area contributed by atoms with E-state index in [4.69, 9.17) is 69.6 Å². The summed E-state index contributed by atoms with van der Waals surface area (Å²) >= 11 is 36.0. The fourth-order valence-corrected chi connectivity index (χ4v) is 6.31. The summed E-state index contributed by atoms with van der Waals surface area (Å²) < 4.78 is -3.49. The van der Waals surface area contributed by atoms with Crippen LogP contribution in [0.2, 0.25) is 0 Å². The third kappa shape index (κ3) is 9.28. The molecule has 0 radical (unpaired) electrons. The Labute approximate surface area is 234 Å². The highest BCUT2D eigenvalue weighted by atomic mass is 35.6. The average Bonchev–Trinajstić information content (AvgIpc) is 2.74. The van der Waals surface area contributed by atoms with E-state index in [9.17, 15) is 20.2 Å². The van der Waals surface area contributed by atoms with E-state index in [1.54, 1.807) is 33.7 Å². The molecule has 0 aromatic heterocycles. The molecule has 34 heavy (non-hydrogen) atoms. The predicted molar refractivity (Wildman–Crippen MR) is 146 cm³/mol. The van der Waals surface area contributed by atoms with Crippen LogP contribution in [0.1, 0.15) is 35.1 Å². The molecule has 6 nitrogen and oxygen atoms in total. The normalized spacial score (nSPS) is 12.1. The molecule has 0 aliphatic heterocycles. The molecule has 0 saturated carbocycles. The summed E-state index contributed by atoms with van der Waals surface area (Å²) in [5.74, 6) is 1.66. The van der Waals surface area contributed by atoms with Crippen LogP contribution in [-0.2, 0) is 20.4 Å². The largest absolute Gasteiger partial charge is 0.269 e. The topological polar surface area (TPSA) is 86.3 Å². The monoisotopic (exact) mass is 624 g/mol. The van der Waals surface area contributed by atoms with Crippen LogP contribution in [0, 0.1) is 20.2 Å². The molecule has 14 heteroatoms. The molecule has 0 heterocycles. The third-order valence-electron chi connectivity index (χ3n) is 4.65. The van der Waals surface area contributed by atoms with E-state index in [1.807, 2.05) is 0 Å². The first kappa shape index (κ1) is 29.9. The maximum atomic E-state index is 11.0. The Balaban J connectivity index is 1.80. The van der Waals surface area contributed by atoms with Crippen molar-refractivity contribution in [3.63, 3.8) is 0 Å². The van der Waals surface area contributed by atoms with Crippen LogP contribution in [0.25, 0.3) is 0 Å². The van der Waals surface area contributed by atoms with Gasteiger partial charge in [0.25, 0.3) is 11.4 Å². The van der Waals surface area contributed by atoms with Gasteiger partial charge in [-0.25, -0.2) is 0 Å². The van der Waals surface area contributed by atoms with Crippen molar-refractivity contribution in [2.75, 3.05) is 11.5 Å². The lowest BCUT2D eigenvalue weighted by Crippen LogP contribution is -2.07. The van der Waals surface area contributed by atoms with Crippen LogP contribution < -0.4 is 0 Å². The highest BCUT2D eigenvalue weighted by Crippen LogP contribution is 2.43. The molecule has 0 aliphatic carbocycles. The minimum Gasteiger partial charge on any atom is -0.258 e. The van der Waals surface area contributed by atoms with Gasteiger partial charge in [-0.3, -0.25) is 20.2 Å². The number of nitrogens with zero attached hydrogens (tertiary/aromatic N) is 2. The van der Waals surface area contributed by atoms with E-state index in [1.165, 1.54) is 24.3 Å². The highest BCUT2D eigenvalue weighted by Gasteiger charge is 2.29. The highest BCUT2D eigenvalue weighted by molar-refractivity contribution is 8.76. The second kappa shape index (κ2) is 13.3. The summed E-state index contributed by atoms with van der Waals surface area (Å²) in [6, 6.07) is 8.66. The molecule has 0 aliphatic rings. The summed E-state index contributed by atoms with van der Waals surface area (Å²) in [6.07, 6.45) is 2.82. The number of non-ortho nitro benzene ring substituents is 2. The molecular formula is C20H18Cl6N2O4S2. The second-order valence-corrected chi connectivity index (χ2v) is 14.3. The van der Waals surface area contributed by atoms with Crippen molar-refractivity contribution in [2.45, 2.75) is 33.3 Å². The third-order valence-corrected chi connectivity index (χ3v) is 8.45. The van der Waals surface area contributed by atoms with Gasteiger partial charge in [0.1, 0.15) is 0 Å². The first-order chi connectivity index (χ1) is 15.8. The maximum Gasteiger partial charge on any atom is 0.269 e. The summed E-state index contributed by atoms with van der Waals surface area (Å²) in [5, 5.41) is 22.0. The molecule has 0 saturated heterocycles. The van der Waals surface area contributed by atoms with Crippen molar-refractivity contribution in [3.05, 3.63) is 78.9 Å². The van der Waals surface area contributed by atoms with Crippen LogP contribution in [0.15, 0.2) is 36.4 Å². The molecule has 0 bridgehead atoms. The van der Waals surface area contributed by atoms with E-state index < -0.39 is 17.4 Å². The summed E-state index contributed by atoms with van der Waals surface area (Å²) in [6.45, 7) is 0. The molecule has 0 amide bonds. The van der Waals surface area contributed by atoms with Gasteiger partial charge in [0, 0.05) is 46.9 Å². The number of benzene rings is 2. The number of hydrogen-bond acceptors (Lipinski definition) is 6. The molecular weight excluding hydrogens is 609 g/mol. The van der Waals surface area contributed by atoms with Gasteiger partial charge >= 0.3 is 0 Å². The molecule has 2 rings (SSSR count).